The van der Waals surface area contributed by atoms with Crippen LogP contribution in [0, 0.1) is 5.41 Å². The predicted octanol–water partition coefficient (Wildman–Crippen LogP) is 3.26. The van der Waals surface area contributed by atoms with E-state index in [-0.39, 0.29) is 6.42 Å². The van der Waals surface area contributed by atoms with E-state index in [0.717, 1.165) is 16.9 Å². The topological polar surface area (TPSA) is 61.8 Å². The average molecular weight is 354 g/mol. The van der Waals surface area contributed by atoms with Crippen molar-refractivity contribution in [3.8, 4) is 5.75 Å². The van der Waals surface area contributed by atoms with Gasteiger partial charge in [0.1, 0.15) is 11.2 Å². The van der Waals surface area contributed by atoms with Crippen LogP contribution in [0.1, 0.15) is 24.5 Å². The maximum atomic E-state index is 12.9. The molecule has 0 unspecified atom stereocenters. The molecule has 0 amide bonds. The fourth-order valence-electron chi connectivity index (χ4n) is 3.73. The summed E-state index contributed by atoms with van der Waals surface area (Å²) in [6.07, 6.45) is 0.290. The van der Waals surface area contributed by atoms with Crippen LogP contribution in [-0.2, 0) is 31.1 Å². The summed E-state index contributed by atoms with van der Waals surface area (Å²) in [6, 6.07) is 16.8. The van der Waals surface area contributed by atoms with E-state index in [1.165, 1.54) is 7.11 Å². The second-order valence-electron chi connectivity index (χ2n) is 6.65. The molecule has 0 saturated carbocycles. The van der Waals surface area contributed by atoms with Gasteiger partial charge in [0.05, 0.1) is 20.6 Å². The zero-order valence-electron chi connectivity index (χ0n) is 15.2. The number of carbonyl (C=O) groups excluding carboxylic acids is 2. The first kappa shape index (κ1) is 18.0. The van der Waals surface area contributed by atoms with Crippen LogP contribution in [0.2, 0.25) is 0 Å². The van der Waals surface area contributed by atoms with Crippen molar-refractivity contribution in [3.63, 3.8) is 0 Å². The third-order valence-electron chi connectivity index (χ3n) is 5.24. The first-order chi connectivity index (χ1) is 12.4. The van der Waals surface area contributed by atoms with Crippen LogP contribution in [0.15, 0.2) is 54.6 Å². The number of rotatable bonds is 5. The Hall–Kier alpha value is -2.82. The van der Waals surface area contributed by atoms with E-state index < -0.39 is 23.0 Å². The Morgan fingerprint density at radius 1 is 1.08 bits per heavy atom. The summed E-state index contributed by atoms with van der Waals surface area (Å²) >= 11 is 0. The zero-order chi connectivity index (χ0) is 18.8. The van der Waals surface area contributed by atoms with Crippen molar-refractivity contribution < 1.29 is 23.8 Å². The van der Waals surface area contributed by atoms with Crippen LogP contribution in [0.5, 0.6) is 5.75 Å². The molecule has 1 heterocycles. The van der Waals surface area contributed by atoms with Crippen molar-refractivity contribution in [2.24, 2.45) is 5.41 Å². The molecular formula is C21H22O5. The minimum Gasteiger partial charge on any atom is -0.497 e. The smallest absolute Gasteiger partial charge is 0.317 e. The number of ether oxygens (including phenoxy) is 3. The van der Waals surface area contributed by atoms with Crippen LogP contribution in [0.25, 0.3) is 0 Å². The van der Waals surface area contributed by atoms with Crippen molar-refractivity contribution in [1.29, 1.82) is 0 Å². The molecule has 0 spiro atoms. The van der Waals surface area contributed by atoms with Gasteiger partial charge in [-0.25, -0.2) is 0 Å². The van der Waals surface area contributed by atoms with Crippen LogP contribution in [0.3, 0.4) is 0 Å². The van der Waals surface area contributed by atoms with Crippen LogP contribution in [0.4, 0.5) is 0 Å². The van der Waals surface area contributed by atoms with Gasteiger partial charge in [-0.1, -0.05) is 42.5 Å². The SMILES string of the molecule is COC(=O)[C@]1(Cc2ccc(OC)cc2)CC(=O)O[C@]1(C)c1ccccc1. The molecule has 0 aromatic heterocycles. The lowest BCUT2D eigenvalue weighted by atomic mass is 9.65. The molecule has 0 radical (unpaired) electrons. The van der Waals surface area contributed by atoms with E-state index >= 15 is 0 Å². The summed E-state index contributed by atoms with van der Waals surface area (Å²) in [6.45, 7) is 1.79. The van der Waals surface area contributed by atoms with E-state index in [9.17, 15) is 9.59 Å². The average Bonchev–Trinajstić information content (AvgIpc) is 2.94. The summed E-state index contributed by atoms with van der Waals surface area (Å²) < 4.78 is 16.0. The highest BCUT2D eigenvalue weighted by Crippen LogP contribution is 2.53. The number of methoxy groups -OCH3 is 2. The molecule has 1 saturated heterocycles. The van der Waals surface area contributed by atoms with Crippen LogP contribution < -0.4 is 4.74 Å². The quantitative estimate of drug-likeness (QED) is 0.771. The molecular weight excluding hydrogens is 332 g/mol. The minimum atomic E-state index is -1.14. The molecule has 2 aromatic carbocycles. The Labute approximate surface area is 152 Å². The van der Waals surface area contributed by atoms with Gasteiger partial charge in [0.25, 0.3) is 0 Å². The number of hydrogen-bond donors (Lipinski definition) is 0. The fourth-order valence-corrected chi connectivity index (χ4v) is 3.73. The number of cyclic esters (lactones) is 1. The Balaban J connectivity index is 2.10. The third-order valence-corrected chi connectivity index (χ3v) is 5.24. The Morgan fingerprint density at radius 3 is 2.31 bits per heavy atom. The standard InChI is InChI=1S/C21H22O5/c1-20(16-7-5-4-6-8-16)21(19(23)25-3,14-18(22)26-20)13-15-9-11-17(24-2)12-10-15/h4-12H,13-14H2,1-3H3/t20-,21+/m1/s1. The molecule has 3 rings (SSSR count). The Morgan fingerprint density at radius 2 is 1.73 bits per heavy atom. The molecule has 1 fully saturated rings. The molecule has 0 aliphatic carbocycles. The molecule has 2 aromatic rings. The van der Waals surface area contributed by atoms with Gasteiger partial charge in [-0.05, 0) is 36.6 Å². The second kappa shape index (κ2) is 6.83. The second-order valence-corrected chi connectivity index (χ2v) is 6.65. The first-order valence-corrected chi connectivity index (χ1v) is 8.44. The summed E-state index contributed by atoms with van der Waals surface area (Å²) in [5.74, 6) is -0.133. The summed E-state index contributed by atoms with van der Waals surface area (Å²) in [4.78, 5) is 25.2. The maximum Gasteiger partial charge on any atom is 0.317 e. The summed E-state index contributed by atoms with van der Waals surface area (Å²) in [5.41, 5.74) is -0.589. The van der Waals surface area contributed by atoms with Gasteiger partial charge in [0, 0.05) is 0 Å². The molecule has 2 atom stereocenters. The Bertz CT molecular complexity index is 799. The molecule has 5 nitrogen and oxygen atoms in total. The van der Waals surface area contributed by atoms with Gasteiger partial charge in [-0.15, -0.1) is 0 Å². The van der Waals surface area contributed by atoms with E-state index in [4.69, 9.17) is 14.2 Å². The lowest BCUT2D eigenvalue weighted by Crippen LogP contribution is -2.48. The lowest BCUT2D eigenvalue weighted by molar-refractivity contribution is -0.167. The summed E-state index contributed by atoms with van der Waals surface area (Å²) in [5, 5.41) is 0. The van der Waals surface area contributed by atoms with Crippen molar-refractivity contribution in [2.45, 2.75) is 25.4 Å². The number of benzene rings is 2. The van der Waals surface area contributed by atoms with Gasteiger partial charge >= 0.3 is 11.9 Å². The number of esters is 2. The van der Waals surface area contributed by atoms with Crippen molar-refractivity contribution in [1.82, 2.24) is 0 Å². The molecule has 1 aliphatic rings. The van der Waals surface area contributed by atoms with Crippen molar-refractivity contribution >= 4 is 11.9 Å². The van der Waals surface area contributed by atoms with Gasteiger partial charge in [-0.3, -0.25) is 9.59 Å². The van der Waals surface area contributed by atoms with Crippen LogP contribution >= 0.6 is 0 Å². The van der Waals surface area contributed by atoms with Gasteiger partial charge < -0.3 is 14.2 Å². The fraction of sp³-hybridized carbons (Fsp3) is 0.333. The van der Waals surface area contributed by atoms with E-state index in [2.05, 4.69) is 0 Å². The molecule has 26 heavy (non-hydrogen) atoms. The van der Waals surface area contributed by atoms with Gasteiger partial charge in [0.2, 0.25) is 0 Å². The van der Waals surface area contributed by atoms with Crippen molar-refractivity contribution in [2.75, 3.05) is 14.2 Å². The third kappa shape index (κ3) is 2.83. The monoisotopic (exact) mass is 354 g/mol. The van der Waals surface area contributed by atoms with Gasteiger partial charge in [0.15, 0.2) is 5.60 Å². The molecule has 0 N–H and O–H groups in total. The normalized spacial score (nSPS) is 24.8. The lowest BCUT2D eigenvalue weighted by Gasteiger charge is -2.39. The minimum absolute atomic E-state index is 0.0307. The molecule has 5 heteroatoms. The Kier molecular flexibility index (Phi) is 4.72. The first-order valence-electron chi connectivity index (χ1n) is 8.44. The van der Waals surface area contributed by atoms with Gasteiger partial charge in [-0.2, -0.15) is 0 Å². The highest BCUT2D eigenvalue weighted by atomic mass is 16.6. The maximum absolute atomic E-state index is 12.9. The largest absolute Gasteiger partial charge is 0.497 e. The molecule has 1 aliphatic heterocycles. The zero-order valence-corrected chi connectivity index (χ0v) is 15.2. The summed E-state index contributed by atoms with van der Waals surface area (Å²) in [7, 11) is 2.94. The van der Waals surface area contributed by atoms with E-state index in [0.29, 0.717) is 6.42 Å². The number of hydrogen-bond acceptors (Lipinski definition) is 5. The predicted molar refractivity (Wildman–Crippen MR) is 95.7 cm³/mol. The van der Waals surface area contributed by atoms with E-state index in [1.807, 2.05) is 54.6 Å². The molecule has 136 valence electrons. The molecule has 0 bridgehead atoms. The van der Waals surface area contributed by atoms with Crippen molar-refractivity contribution in [3.05, 3.63) is 65.7 Å². The van der Waals surface area contributed by atoms with E-state index in [1.54, 1.807) is 14.0 Å². The van der Waals surface area contributed by atoms with Crippen LogP contribution in [-0.4, -0.2) is 26.2 Å². The number of carbonyl (C=O) groups is 2. The highest BCUT2D eigenvalue weighted by Gasteiger charge is 2.64. The highest BCUT2D eigenvalue weighted by molar-refractivity contribution is 5.89.